The normalized spacial score (nSPS) is 15.2. The van der Waals surface area contributed by atoms with Crippen LogP contribution in [0.3, 0.4) is 0 Å². The Labute approximate surface area is 157 Å². The molecule has 1 fully saturated rings. The number of pyridine rings is 1. The van der Waals surface area contributed by atoms with Crippen LogP contribution >= 0.6 is 0 Å². The van der Waals surface area contributed by atoms with Gasteiger partial charge in [-0.25, -0.2) is 12.4 Å². The number of hydrogen-bond donors (Lipinski definition) is 1. The highest BCUT2D eigenvalue weighted by molar-refractivity contribution is 7.90. The van der Waals surface area contributed by atoms with Gasteiger partial charge in [-0.1, -0.05) is 18.0 Å². The summed E-state index contributed by atoms with van der Waals surface area (Å²) in [5.74, 6) is 3.18. The Morgan fingerprint density at radius 3 is 2.67 bits per heavy atom. The van der Waals surface area contributed by atoms with E-state index in [2.05, 4.69) is 16.1 Å². The second-order valence-corrected chi connectivity index (χ2v) is 8.91. The molecule has 0 amide bonds. The van der Waals surface area contributed by atoms with Crippen LogP contribution in [0.15, 0.2) is 23.0 Å². The quantitative estimate of drug-likeness (QED) is 0.696. The van der Waals surface area contributed by atoms with Crippen molar-refractivity contribution in [1.82, 2.24) is 14.1 Å². The van der Waals surface area contributed by atoms with Crippen LogP contribution in [-0.4, -0.2) is 32.9 Å². The van der Waals surface area contributed by atoms with E-state index in [1.807, 2.05) is 13.0 Å². The Morgan fingerprint density at radius 2 is 2.04 bits per heavy atom. The molecule has 0 radical (unpaired) electrons. The zero-order valence-corrected chi connectivity index (χ0v) is 15.9. The zero-order chi connectivity index (χ0) is 19.2. The van der Waals surface area contributed by atoms with E-state index in [1.165, 1.54) is 10.2 Å². The summed E-state index contributed by atoms with van der Waals surface area (Å²) in [5.41, 5.74) is 3.49. The largest absolute Gasteiger partial charge is 0.462 e. The fraction of sp³-hybridized carbons (Fsp3) is 0.368. The van der Waals surface area contributed by atoms with Gasteiger partial charge in [-0.3, -0.25) is 4.98 Å². The van der Waals surface area contributed by atoms with Crippen LogP contribution in [0.4, 0.5) is 0 Å². The van der Waals surface area contributed by atoms with Crippen molar-refractivity contribution in [2.24, 2.45) is 0 Å². The van der Waals surface area contributed by atoms with E-state index >= 15 is 0 Å². The Bertz CT molecular complexity index is 1170. The summed E-state index contributed by atoms with van der Waals surface area (Å²) in [6.45, 7) is 3.63. The lowest BCUT2D eigenvalue weighted by molar-refractivity contribution is 0.393. The minimum absolute atomic E-state index is 0.374. The van der Waals surface area contributed by atoms with E-state index < -0.39 is 15.3 Å². The molecular formula is C19H19N3O4S. The maximum Gasteiger partial charge on any atom is 0.241 e. The molecule has 0 aliphatic heterocycles. The third-order valence-corrected chi connectivity index (χ3v) is 7.28. The molecule has 3 heterocycles. The van der Waals surface area contributed by atoms with E-state index in [1.54, 1.807) is 19.2 Å². The summed E-state index contributed by atoms with van der Waals surface area (Å²) in [5, 5.41) is 12.6. The molecule has 1 saturated carbocycles. The number of fused-ring (bicyclic) bond motifs is 1. The predicted molar refractivity (Wildman–Crippen MR) is 100 cm³/mol. The number of nitrogens with zero attached hydrogens (tertiary/aromatic N) is 3. The molecule has 7 nitrogen and oxygen atoms in total. The van der Waals surface area contributed by atoms with Crippen molar-refractivity contribution < 1.29 is 18.0 Å². The smallest absolute Gasteiger partial charge is 0.241 e. The monoisotopic (exact) mass is 385 g/mol. The molecule has 0 aromatic carbocycles. The van der Waals surface area contributed by atoms with Gasteiger partial charge in [0.1, 0.15) is 17.4 Å². The Morgan fingerprint density at radius 1 is 1.30 bits per heavy atom. The van der Waals surface area contributed by atoms with E-state index in [0.717, 1.165) is 24.0 Å². The summed E-state index contributed by atoms with van der Waals surface area (Å²) >= 11 is 0. The van der Waals surface area contributed by atoms with E-state index in [4.69, 9.17) is 9.63 Å². The van der Waals surface area contributed by atoms with Gasteiger partial charge < -0.3 is 9.63 Å². The summed E-state index contributed by atoms with van der Waals surface area (Å²) in [4.78, 5) is 4.43. The zero-order valence-electron chi connectivity index (χ0n) is 15.1. The van der Waals surface area contributed by atoms with Crippen LogP contribution in [0.5, 0.6) is 0 Å². The number of rotatable bonds is 3. The number of hydrogen-bond acceptors (Lipinski definition) is 6. The Hall–Kier alpha value is -2.79. The first-order chi connectivity index (χ1) is 12.9. The van der Waals surface area contributed by atoms with Crippen molar-refractivity contribution in [3.05, 3.63) is 35.5 Å². The van der Waals surface area contributed by atoms with Crippen LogP contribution in [0.2, 0.25) is 0 Å². The average Bonchev–Trinajstić information content (AvgIpc) is 3.35. The highest BCUT2D eigenvalue weighted by Crippen LogP contribution is 2.33. The second-order valence-electron chi connectivity index (χ2n) is 6.82. The number of aliphatic hydroxyl groups excluding tert-OH is 1. The molecular weight excluding hydrogens is 366 g/mol. The first-order valence-electron chi connectivity index (χ1n) is 8.77. The highest BCUT2D eigenvalue weighted by atomic mass is 32.2. The molecule has 0 unspecified atom stereocenters. The van der Waals surface area contributed by atoms with Gasteiger partial charge in [0.25, 0.3) is 0 Å². The van der Waals surface area contributed by atoms with E-state index in [-0.39, 0.29) is 0 Å². The molecule has 0 spiro atoms. The summed E-state index contributed by atoms with van der Waals surface area (Å²) < 4.78 is 32.9. The standard InChI is InChI=1S/C19H19N3O4S/c1-12-18(13(2)26-21-12)15-9-17-19(20-10-15)14(7-8-23)11-22(17)27(24,25)16-5-3-4-6-16/h9-11,16,23H,3-6H2,1-2H3. The maximum absolute atomic E-state index is 13.2. The van der Waals surface area contributed by atoms with Gasteiger partial charge in [0.2, 0.25) is 10.0 Å². The minimum Gasteiger partial charge on any atom is -0.462 e. The average molecular weight is 385 g/mol. The number of aromatic nitrogens is 3. The predicted octanol–water partition coefficient (Wildman–Crippen LogP) is 3.11. The van der Waals surface area contributed by atoms with Crippen LogP contribution in [0.25, 0.3) is 22.2 Å². The molecule has 3 aromatic rings. The molecule has 0 bridgehead atoms. The molecule has 1 aliphatic rings. The van der Waals surface area contributed by atoms with Gasteiger partial charge in [0.15, 0.2) is 0 Å². The molecule has 3 aromatic heterocycles. The Balaban J connectivity index is 1.97. The van der Waals surface area contributed by atoms with Crippen LogP contribution in [-0.2, 0) is 10.0 Å². The molecule has 4 rings (SSSR count). The maximum atomic E-state index is 13.2. The van der Waals surface area contributed by atoms with Crippen molar-refractivity contribution in [1.29, 1.82) is 0 Å². The fourth-order valence-electron chi connectivity index (χ4n) is 3.82. The third-order valence-electron chi connectivity index (χ3n) is 5.12. The van der Waals surface area contributed by atoms with Crippen LogP contribution in [0.1, 0.15) is 42.7 Å². The first kappa shape index (κ1) is 17.6. The lowest BCUT2D eigenvalue weighted by atomic mass is 10.1. The summed E-state index contributed by atoms with van der Waals surface area (Å²) in [6.07, 6.45) is 8.07. The molecule has 140 valence electrons. The lowest BCUT2D eigenvalue weighted by Crippen LogP contribution is -2.24. The molecule has 0 atom stereocenters. The van der Waals surface area contributed by atoms with Gasteiger partial charge in [0, 0.05) is 23.5 Å². The van der Waals surface area contributed by atoms with Crippen LogP contribution in [0, 0.1) is 25.9 Å². The van der Waals surface area contributed by atoms with Gasteiger partial charge in [0.05, 0.1) is 22.0 Å². The van der Waals surface area contributed by atoms with Crippen molar-refractivity contribution in [3.8, 4) is 23.2 Å². The summed E-state index contributed by atoms with van der Waals surface area (Å²) in [6, 6.07) is 1.77. The first-order valence-corrected chi connectivity index (χ1v) is 10.3. The molecule has 8 heteroatoms. The molecule has 27 heavy (non-hydrogen) atoms. The van der Waals surface area contributed by atoms with Crippen molar-refractivity contribution in [2.75, 3.05) is 0 Å². The Kier molecular flexibility index (Phi) is 4.19. The van der Waals surface area contributed by atoms with Gasteiger partial charge in [-0.15, -0.1) is 0 Å². The topological polar surface area (TPSA) is 98.2 Å². The third kappa shape index (κ3) is 2.79. The number of aryl methyl sites for hydroxylation is 2. The minimum atomic E-state index is -3.58. The molecule has 1 N–H and O–H groups in total. The highest BCUT2D eigenvalue weighted by Gasteiger charge is 2.32. The molecule has 1 aliphatic carbocycles. The lowest BCUT2D eigenvalue weighted by Gasteiger charge is -2.13. The van der Waals surface area contributed by atoms with Gasteiger partial charge in [-0.2, -0.15) is 0 Å². The van der Waals surface area contributed by atoms with Crippen molar-refractivity contribution in [2.45, 2.75) is 44.8 Å². The van der Waals surface area contributed by atoms with Crippen molar-refractivity contribution >= 4 is 21.1 Å². The van der Waals surface area contributed by atoms with Crippen molar-refractivity contribution in [3.63, 3.8) is 0 Å². The molecule has 0 saturated heterocycles. The SMILES string of the molecule is Cc1noc(C)c1-c1cnc2c(C#CO)cn(S(=O)(=O)C3CCCC3)c2c1. The summed E-state index contributed by atoms with van der Waals surface area (Å²) in [7, 11) is -3.58. The van der Waals surface area contributed by atoms with Gasteiger partial charge >= 0.3 is 0 Å². The fourth-order valence-corrected chi connectivity index (χ4v) is 5.73. The van der Waals surface area contributed by atoms with Gasteiger partial charge in [-0.05, 0) is 38.7 Å². The van der Waals surface area contributed by atoms with E-state index in [0.29, 0.717) is 40.9 Å². The second kappa shape index (κ2) is 6.43. The van der Waals surface area contributed by atoms with E-state index in [9.17, 15) is 8.42 Å². The number of aliphatic hydroxyl groups is 1. The van der Waals surface area contributed by atoms with Crippen LogP contribution < -0.4 is 0 Å².